The number of carboxylic acid groups (broad SMARTS) is 1. The van der Waals surface area contributed by atoms with Crippen molar-refractivity contribution in [3.05, 3.63) is 102 Å². The van der Waals surface area contributed by atoms with Crippen molar-refractivity contribution in [3.8, 4) is 0 Å². The summed E-state index contributed by atoms with van der Waals surface area (Å²) in [5, 5.41) is 12.2. The molecule has 3 aromatic carbocycles. The summed E-state index contributed by atoms with van der Waals surface area (Å²) in [6, 6.07) is 21.2. The van der Waals surface area contributed by atoms with Crippen LogP contribution in [0.1, 0.15) is 22.7 Å². The molecule has 0 fully saturated rings. The summed E-state index contributed by atoms with van der Waals surface area (Å²) in [4.78, 5) is 25.3. The second kappa shape index (κ2) is 10.4. The van der Waals surface area contributed by atoms with E-state index in [1.165, 1.54) is 19.2 Å². The van der Waals surface area contributed by atoms with E-state index in [-0.39, 0.29) is 11.3 Å². The van der Waals surface area contributed by atoms with Gasteiger partial charge >= 0.3 is 5.97 Å². The third-order valence-electron chi connectivity index (χ3n) is 5.32. The van der Waals surface area contributed by atoms with Crippen molar-refractivity contribution in [1.82, 2.24) is 9.62 Å². The van der Waals surface area contributed by atoms with E-state index in [1.54, 1.807) is 66.7 Å². The standard InChI is InChI=1S/C25H26N2O5S/c1-18-13-15-21(16-14-18)33(31,32)27(2)23(20-11-7-4-8-12-20)24(28)26-22(25(29)30)17-19-9-5-3-6-10-19/h3-16,22-23H,17H2,1-2H3,(H,26,28)(H,29,30)/t22-,23?/m0/s1. The Morgan fingerprint density at radius 3 is 2.00 bits per heavy atom. The Labute approximate surface area is 193 Å². The number of carboxylic acids is 1. The number of carbonyl (C=O) groups excluding carboxylic acids is 1. The molecule has 7 nitrogen and oxygen atoms in total. The summed E-state index contributed by atoms with van der Waals surface area (Å²) in [6.07, 6.45) is 0.0673. The van der Waals surface area contributed by atoms with Gasteiger partial charge in [0.2, 0.25) is 15.9 Å². The van der Waals surface area contributed by atoms with Gasteiger partial charge in [0.05, 0.1) is 4.90 Å². The highest BCUT2D eigenvalue weighted by Gasteiger charge is 2.36. The second-order valence-electron chi connectivity index (χ2n) is 7.74. The molecule has 0 bridgehead atoms. The zero-order chi connectivity index (χ0) is 24.0. The van der Waals surface area contributed by atoms with Gasteiger partial charge in [0, 0.05) is 13.5 Å². The van der Waals surface area contributed by atoms with E-state index in [0.29, 0.717) is 5.56 Å². The first kappa shape index (κ1) is 24.2. The predicted molar refractivity (Wildman–Crippen MR) is 125 cm³/mol. The molecule has 2 N–H and O–H groups in total. The van der Waals surface area contributed by atoms with Crippen molar-refractivity contribution < 1.29 is 23.1 Å². The summed E-state index contributed by atoms with van der Waals surface area (Å²) in [7, 11) is -2.72. The summed E-state index contributed by atoms with van der Waals surface area (Å²) >= 11 is 0. The number of hydrogen-bond donors (Lipinski definition) is 2. The van der Waals surface area contributed by atoms with Crippen LogP contribution >= 0.6 is 0 Å². The molecule has 3 rings (SSSR count). The number of carbonyl (C=O) groups is 2. The monoisotopic (exact) mass is 466 g/mol. The fourth-order valence-electron chi connectivity index (χ4n) is 3.48. The van der Waals surface area contributed by atoms with Crippen LogP contribution in [0.15, 0.2) is 89.8 Å². The molecule has 172 valence electrons. The van der Waals surface area contributed by atoms with Crippen LogP contribution in [-0.4, -0.2) is 42.8 Å². The van der Waals surface area contributed by atoms with Crippen LogP contribution in [0.25, 0.3) is 0 Å². The lowest BCUT2D eigenvalue weighted by molar-refractivity contribution is -0.142. The highest BCUT2D eigenvalue weighted by atomic mass is 32.2. The number of nitrogens with one attached hydrogen (secondary N) is 1. The van der Waals surface area contributed by atoms with Crippen molar-refractivity contribution in [1.29, 1.82) is 0 Å². The summed E-state index contributed by atoms with van der Waals surface area (Å²) < 4.78 is 27.6. The largest absolute Gasteiger partial charge is 0.480 e. The minimum Gasteiger partial charge on any atom is -0.480 e. The van der Waals surface area contributed by atoms with Crippen LogP contribution in [0.5, 0.6) is 0 Å². The van der Waals surface area contributed by atoms with E-state index in [0.717, 1.165) is 15.4 Å². The van der Waals surface area contributed by atoms with Gasteiger partial charge in [0.25, 0.3) is 0 Å². The van der Waals surface area contributed by atoms with Gasteiger partial charge in [-0.2, -0.15) is 4.31 Å². The number of amides is 1. The normalized spacial score (nSPS) is 13.3. The number of likely N-dealkylation sites (N-methyl/N-ethyl adjacent to an activating group) is 1. The van der Waals surface area contributed by atoms with Gasteiger partial charge in [0.1, 0.15) is 12.1 Å². The molecule has 0 saturated heterocycles. The number of hydrogen-bond acceptors (Lipinski definition) is 4. The van der Waals surface area contributed by atoms with Crippen LogP contribution in [-0.2, 0) is 26.0 Å². The fourth-order valence-corrected chi connectivity index (χ4v) is 4.79. The maximum absolute atomic E-state index is 13.3. The first-order chi connectivity index (χ1) is 15.7. The van der Waals surface area contributed by atoms with Gasteiger partial charge in [-0.15, -0.1) is 0 Å². The quantitative estimate of drug-likeness (QED) is 0.504. The number of rotatable bonds is 9. The van der Waals surface area contributed by atoms with E-state index in [9.17, 15) is 23.1 Å². The zero-order valence-electron chi connectivity index (χ0n) is 18.4. The third-order valence-corrected chi connectivity index (χ3v) is 7.16. The van der Waals surface area contributed by atoms with Crippen molar-refractivity contribution in [2.45, 2.75) is 30.3 Å². The molecule has 0 heterocycles. The number of aliphatic carboxylic acids is 1. The Morgan fingerprint density at radius 2 is 1.45 bits per heavy atom. The summed E-state index contributed by atoms with van der Waals surface area (Å²) in [5.41, 5.74) is 2.07. The Hall–Kier alpha value is -3.49. The Balaban J connectivity index is 1.94. The summed E-state index contributed by atoms with van der Waals surface area (Å²) in [6.45, 7) is 1.85. The molecule has 0 radical (unpaired) electrons. The third kappa shape index (κ3) is 5.85. The van der Waals surface area contributed by atoms with Crippen LogP contribution in [0.3, 0.4) is 0 Å². The molecule has 0 aliphatic heterocycles. The highest BCUT2D eigenvalue weighted by Crippen LogP contribution is 2.27. The average molecular weight is 467 g/mol. The topological polar surface area (TPSA) is 104 Å². The van der Waals surface area contributed by atoms with E-state index in [1.807, 2.05) is 13.0 Å². The van der Waals surface area contributed by atoms with Gasteiger partial charge in [0.15, 0.2) is 0 Å². The van der Waals surface area contributed by atoms with Gasteiger partial charge in [-0.3, -0.25) is 4.79 Å². The van der Waals surface area contributed by atoms with E-state index >= 15 is 0 Å². The second-order valence-corrected chi connectivity index (χ2v) is 9.73. The van der Waals surface area contributed by atoms with Gasteiger partial charge in [-0.25, -0.2) is 13.2 Å². The molecule has 0 aliphatic carbocycles. The number of aryl methyl sites for hydroxylation is 1. The van der Waals surface area contributed by atoms with Crippen molar-refractivity contribution >= 4 is 21.9 Å². The van der Waals surface area contributed by atoms with Crippen molar-refractivity contribution in [2.75, 3.05) is 7.05 Å². The highest BCUT2D eigenvalue weighted by molar-refractivity contribution is 7.89. The molecule has 2 atom stereocenters. The fraction of sp³-hybridized carbons (Fsp3) is 0.200. The molecule has 8 heteroatoms. The molecule has 0 saturated carbocycles. The molecule has 1 amide bonds. The van der Waals surface area contributed by atoms with Crippen LogP contribution in [0.2, 0.25) is 0 Å². The SMILES string of the molecule is Cc1ccc(S(=O)(=O)N(C)C(C(=O)N[C@@H](Cc2ccccc2)C(=O)O)c2ccccc2)cc1. The van der Waals surface area contributed by atoms with E-state index in [4.69, 9.17) is 0 Å². The molecule has 0 aromatic heterocycles. The number of benzene rings is 3. The maximum Gasteiger partial charge on any atom is 0.326 e. The molecule has 1 unspecified atom stereocenters. The van der Waals surface area contributed by atoms with Crippen LogP contribution in [0.4, 0.5) is 0 Å². The number of sulfonamides is 1. The van der Waals surface area contributed by atoms with Gasteiger partial charge in [-0.05, 0) is 30.2 Å². The predicted octanol–water partition coefficient (Wildman–Crippen LogP) is 3.17. The minimum absolute atomic E-state index is 0.0448. The molecule has 33 heavy (non-hydrogen) atoms. The lowest BCUT2D eigenvalue weighted by atomic mass is 10.0. The molecule has 0 aliphatic rings. The van der Waals surface area contributed by atoms with Crippen molar-refractivity contribution in [2.24, 2.45) is 0 Å². The lowest BCUT2D eigenvalue weighted by Gasteiger charge is -2.28. The maximum atomic E-state index is 13.3. The van der Waals surface area contributed by atoms with Crippen LogP contribution < -0.4 is 5.32 Å². The summed E-state index contributed by atoms with van der Waals surface area (Å²) in [5.74, 6) is -1.93. The molecule has 3 aromatic rings. The Bertz CT molecular complexity index is 1200. The first-order valence-electron chi connectivity index (χ1n) is 10.4. The lowest BCUT2D eigenvalue weighted by Crippen LogP contribution is -2.48. The minimum atomic E-state index is -4.04. The molecule has 0 spiro atoms. The first-order valence-corrected chi connectivity index (χ1v) is 11.8. The number of nitrogens with zero attached hydrogens (tertiary/aromatic N) is 1. The molecular weight excluding hydrogens is 440 g/mol. The van der Waals surface area contributed by atoms with Gasteiger partial charge in [-0.1, -0.05) is 78.4 Å². The smallest absolute Gasteiger partial charge is 0.326 e. The van der Waals surface area contributed by atoms with Crippen LogP contribution in [0, 0.1) is 6.92 Å². The Morgan fingerprint density at radius 1 is 0.909 bits per heavy atom. The van der Waals surface area contributed by atoms with Gasteiger partial charge < -0.3 is 10.4 Å². The van der Waals surface area contributed by atoms with E-state index in [2.05, 4.69) is 5.32 Å². The Kier molecular flexibility index (Phi) is 7.63. The van der Waals surface area contributed by atoms with Crippen molar-refractivity contribution in [3.63, 3.8) is 0 Å². The zero-order valence-corrected chi connectivity index (χ0v) is 19.2. The average Bonchev–Trinajstić information content (AvgIpc) is 2.80. The molecular formula is C25H26N2O5S. The van der Waals surface area contributed by atoms with E-state index < -0.39 is 34.0 Å².